The minimum absolute atomic E-state index is 0.0596. The molecule has 8 heteroatoms. The zero-order chi connectivity index (χ0) is 22.6. The van der Waals surface area contributed by atoms with Gasteiger partial charge in [0.15, 0.2) is 17.3 Å². The second-order valence-corrected chi connectivity index (χ2v) is 8.64. The number of hydrogen-bond donors (Lipinski definition) is 1. The Morgan fingerprint density at radius 3 is 2.31 bits per heavy atom. The highest BCUT2D eigenvalue weighted by Gasteiger charge is 2.19. The third-order valence-electron chi connectivity index (χ3n) is 4.79. The highest BCUT2D eigenvalue weighted by Crippen LogP contribution is 2.32. The van der Waals surface area contributed by atoms with Crippen molar-refractivity contribution in [1.29, 1.82) is 0 Å². The zero-order valence-electron chi connectivity index (χ0n) is 17.3. The molecule has 1 aliphatic heterocycles. The predicted molar refractivity (Wildman–Crippen MR) is 121 cm³/mol. The van der Waals surface area contributed by atoms with Crippen LogP contribution >= 0.6 is 0 Å². The number of carbonyl (C=O) groups is 1. The standard InChI is InChI=1S/C24H21NO6S/c1-29-20-9-2-17(3-10-20)4-12-22(26)18-5-7-19(8-6-18)25-32(27,28)21-11-13-23-24(16-21)31-15-14-30-23/h2-13,16,25H,14-15H2,1H3. The molecule has 4 rings (SSSR count). The third-order valence-corrected chi connectivity index (χ3v) is 6.17. The first kappa shape index (κ1) is 21.5. The Hall–Kier alpha value is -3.78. The normalized spacial score (nSPS) is 13.0. The molecule has 32 heavy (non-hydrogen) atoms. The van der Waals surface area contributed by atoms with Gasteiger partial charge < -0.3 is 14.2 Å². The number of carbonyl (C=O) groups excluding carboxylic acids is 1. The molecule has 3 aromatic carbocycles. The summed E-state index contributed by atoms with van der Waals surface area (Å²) in [5.74, 6) is 1.45. The minimum atomic E-state index is -3.83. The number of anilines is 1. The molecule has 0 radical (unpaired) electrons. The van der Waals surface area contributed by atoms with E-state index in [4.69, 9.17) is 14.2 Å². The Kier molecular flexibility index (Phi) is 6.13. The smallest absolute Gasteiger partial charge is 0.262 e. The molecule has 1 N–H and O–H groups in total. The van der Waals surface area contributed by atoms with E-state index in [1.807, 2.05) is 24.3 Å². The van der Waals surface area contributed by atoms with E-state index in [9.17, 15) is 13.2 Å². The average molecular weight is 452 g/mol. The highest BCUT2D eigenvalue weighted by atomic mass is 32.2. The van der Waals surface area contributed by atoms with E-state index in [1.54, 1.807) is 43.5 Å². The molecule has 3 aromatic rings. The van der Waals surface area contributed by atoms with Crippen LogP contribution in [0.4, 0.5) is 5.69 Å². The fraction of sp³-hybridized carbons (Fsp3) is 0.125. The third kappa shape index (κ3) is 4.92. The number of hydrogen-bond acceptors (Lipinski definition) is 6. The van der Waals surface area contributed by atoms with Crippen LogP contribution in [0.25, 0.3) is 6.08 Å². The monoisotopic (exact) mass is 451 g/mol. The molecule has 0 atom stereocenters. The first-order chi connectivity index (χ1) is 15.4. The summed E-state index contributed by atoms with van der Waals surface area (Å²) in [6.45, 7) is 0.796. The summed E-state index contributed by atoms with van der Waals surface area (Å²) in [6.07, 6.45) is 3.18. The van der Waals surface area contributed by atoms with Crippen LogP contribution in [-0.4, -0.2) is 34.5 Å². The van der Waals surface area contributed by atoms with Crippen molar-refractivity contribution in [2.45, 2.75) is 4.90 Å². The Bertz CT molecular complexity index is 1250. The first-order valence-electron chi connectivity index (χ1n) is 9.84. The summed E-state index contributed by atoms with van der Waals surface area (Å²) in [6, 6.07) is 18.0. The molecular formula is C24H21NO6S. The number of methoxy groups -OCH3 is 1. The maximum absolute atomic E-state index is 12.7. The van der Waals surface area contributed by atoms with Crippen molar-refractivity contribution in [2.75, 3.05) is 25.0 Å². The van der Waals surface area contributed by atoms with Crippen molar-refractivity contribution in [2.24, 2.45) is 0 Å². The molecule has 0 saturated heterocycles. The average Bonchev–Trinajstić information content (AvgIpc) is 2.82. The lowest BCUT2D eigenvalue weighted by Gasteiger charge is -2.19. The van der Waals surface area contributed by atoms with Gasteiger partial charge in [-0.25, -0.2) is 8.42 Å². The molecule has 0 saturated carbocycles. The van der Waals surface area contributed by atoms with E-state index in [0.29, 0.717) is 36.0 Å². The van der Waals surface area contributed by atoms with Crippen LogP contribution in [0.2, 0.25) is 0 Å². The Labute approximate surface area is 186 Å². The number of sulfonamides is 1. The van der Waals surface area contributed by atoms with Crippen molar-refractivity contribution >= 4 is 27.6 Å². The van der Waals surface area contributed by atoms with Crippen LogP contribution in [0, 0.1) is 0 Å². The van der Waals surface area contributed by atoms with Crippen LogP contribution in [0.3, 0.4) is 0 Å². The fourth-order valence-corrected chi connectivity index (χ4v) is 4.16. The second kappa shape index (κ2) is 9.15. The summed E-state index contributed by atoms with van der Waals surface area (Å²) in [5.41, 5.74) is 1.65. The fourth-order valence-electron chi connectivity index (χ4n) is 3.09. The van der Waals surface area contributed by atoms with Gasteiger partial charge in [0.05, 0.1) is 12.0 Å². The second-order valence-electron chi connectivity index (χ2n) is 6.96. The quantitative estimate of drug-likeness (QED) is 0.428. The van der Waals surface area contributed by atoms with Gasteiger partial charge in [0, 0.05) is 17.3 Å². The summed E-state index contributed by atoms with van der Waals surface area (Å²) >= 11 is 0. The molecule has 0 unspecified atom stereocenters. The Morgan fingerprint density at radius 2 is 1.62 bits per heavy atom. The van der Waals surface area contributed by atoms with E-state index in [-0.39, 0.29) is 10.7 Å². The van der Waals surface area contributed by atoms with Crippen LogP contribution in [-0.2, 0) is 10.0 Å². The van der Waals surface area contributed by atoms with Gasteiger partial charge in [0.2, 0.25) is 0 Å². The van der Waals surface area contributed by atoms with Crippen molar-refractivity contribution in [3.05, 3.63) is 83.9 Å². The number of allylic oxidation sites excluding steroid dienone is 1. The summed E-state index contributed by atoms with van der Waals surface area (Å²) < 4.78 is 43.9. The number of ketones is 1. The summed E-state index contributed by atoms with van der Waals surface area (Å²) in [5, 5.41) is 0. The predicted octanol–water partition coefficient (Wildman–Crippen LogP) is 4.16. The van der Waals surface area contributed by atoms with Gasteiger partial charge >= 0.3 is 0 Å². The lowest BCUT2D eigenvalue weighted by atomic mass is 10.1. The van der Waals surface area contributed by atoms with E-state index in [2.05, 4.69) is 4.72 Å². The number of benzene rings is 3. The molecule has 1 aliphatic rings. The van der Waals surface area contributed by atoms with Crippen LogP contribution in [0.5, 0.6) is 17.2 Å². The summed E-state index contributed by atoms with van der Waals surface area (Å²) in [4.78, 5) is 12.5. The van der Waals surface area contributed by atoms with Gasteiger partial charge in [0.25, 0.3) is 10.0 Å². The molecule has 0 amide bonds. The largest absolute Gasteiger partial charge is 0.497 e. The Balaban J connectivity index is 1.43. The van der Waals surface area contributed by atoms with E-state index in [0.717, 1.165) is 11.3 Å². The van der Waals surface area contributed by atoms with Crippen molar-refractivity contribution in [1.82, 2.24) is 0 Å². The molecule has 7 nitrogen and oxygen atoms in total. The van der Waals surface area contributed by atoms with Gasteiger partial charge in [-0.2, -0.15) is 0 Å². The minimum Gasteiger partial charge on any atom is -0.497 e. The number of nitrogens with one attached hydrogen (secondary N) is 1. The Morgan fingerprint density at radius 1 is 0.938 bits per heavy atom. The van der Waals surface area contributed by atoms with E-state index >= 15 is 0 Å². The topological polar surface area (TPSA) is 90.9 Å². The summed E-state index contributed by atoms with van der Waals surface area (Å²) in [7, 11) is -2.24. The molecule has 1 heterocycles. The first-order valence-corrected chi connectivity index (χ1v) is 11.3. The highest BCUT2D eigenvalue weighted by molar-refractivity contribution is 7.92. The van der Waals surface area contributed by atoms with Crippen LogP contribution in [0.15, 0.2) is 77.7 Å². The molecule has 164 valence electrons. The molecular weight excluding hydrogens is 430 g/mol. The molecule has 0 bridgehead atoms. The van der Waals surface area contributed by atoms with Crippen LogP contribution < -0.4 is 18.9 Å². The molecule has 0 spiro atoms. The number of rotatable bonds is 7. The number of ether oxygens (including phenoxy) is 3. The van der Waals surface area contributed by atoms with Gasteiger partial charge in [0.1, 0.15) is 19.0 Å². The maximum Gasteiger partial charge on any atom is 0.262 e. The molecule has 0 fully saturated rings. The number of fused-ring (bicyclic) bond motifs is 1. The van der Waals surface area contributed by atoms with E-state index in [1.165, 1.54) is 18.2 Å². The van der Waals surface area contributed by atoms with E-state index < -0.39 is 10.0 Å². The van der Waals surface area contributed by atoms with Gasteiger partial charge in [-0.15, -0.1) is 0 Å². The maximum atomic E-state index is 12.7. The zero-order valence-corrected chi connectivity index (χ0v) is 18.1. The lowest BCUT2D eigenvalue weighted by molar-refractivity contribution is 0.104. The molecule has 0 aliphatic carbocycles. The SMILES string of the molecule is COc1ccc(C=CC(=O)c2ccc(NS(=O)(=O)c3ccc4c(c3)OCCO4)cc2)cc1. The lowest BCUT2D eigenvalue weighted by Crippen LogP contribution is -2.17. The van der Waals surface area contributed by atoms with Crippen molar-refractivity contribution in [3.63, 3.8) is 0 Å². The molecule has 0 aromatic heterocycles. The van der Waals surface area contributed by atoms with Crippen LogP contribution in [0.1, 0.15) is 15.9 Å². The van der Waals surface area contributed by atoms with Crippen molar-refractivity contribution < 1.29 is 27.4 Å². The van der Waals surface area contributed by atoms with Crippen molar-refractivity contribution in [3.8, 4) is 17.2 Å². The van der Waals surface area contributed by atoms with Gasteiger partial charge in [-0.1, -0.05) is 18.2 Å². The van der Waals surface area contributed by atoms with Gasteiger partial charge in [-0.05, 0) is 60.2 Å². The van der Waals surface area contributed by atoms with Gasteiger partial charge in [-0.3, -0.25) is 9.52 Å².